The molecule has 0 bridgehead atoms. The summed E-state index contributed by atoms with van der Waals surface area (Å²) in [4.78, 5) is 12.8. The van der Waals surface area contributed by atoms with Gasteiger partial charge in [-0.2, -0.15) is 0 Å². The van der Waals surface area contributed by atoms with Crippen LogP contribution < -0.4 is 19.5 Å². The first-order chi connectivity index (χ1) is 13.8. The smallest absolute Gasteiger partial charge is 0.224 e. The number of amides is 1. The van der Waals surface area contributed by atoms with E-state index in [9.17, 15) is 4.79 Å². The lowest BCUT2D eigenvalue weighted by molar-refractivity contribution is -0.121. The fraction of sp³-hybridized carbons (Fsp3) is 0.458. The molecule has 2 rings (SSSR count). The van der Waals surface area contributed by atoms with Gasteiger partial charge in [0, 0.05) is 0 Å². The minimum atomic E-state index is -0.0502. The highest BCUT2D eigenvalue weighted by Gasteiger charge is 2.20. The average molecular weight is 400 g/mol. The highest BCUT2D eigenvalue weighted by atomic mass is 16.5. The van der Waals surface area contributed by atoms with E-state index in [4.69, 9.17) is 14.2 Å². The minimum absolute atomic E-state index is 0.0501. The van der Waals surface area contributed by atoms with Crippen molar-refractivity contribution in [2.75, 3.05) is 21.3 Å². The molecule has 0 spiro atoms. The summed E-state index contributed by atoms with van der Waals surface area (Å²) in [7, 11) is 4.69. The number of methoxy groups -OCH3 is 3. The average Bonchev–Trinajstić information content (AvgIpc) is 2.71. The van der Waals surface area contributed by atoms with Crippen LogP contribution in [-0.4, -0.2) is 27.2 Å². The lowest BCUT2D eigenvalue weighted by Crippen LogP contribution is -2.32. The Morgan fingerprint density at radius 1 is 0.862 bits per heavy atom. The summed E-state index contributed by atoms with van der Waals surface area (Å²) in [5.74, 6) is 2.30. The molecule has 1 N–H and O–H groups in total. The molecule has 1 atom stereocenters. The summed E-state index contributed by atoms with van der Waals surface area (Å²) in [5, 5.41) is 3.18. The molecular formula is C24H33NO4. The normalized spacial score (nSPS) is 12.0. The lowest BCUT2D eigenvalue weighted by atomic mass is 9.93. The number of carbonyl (C=O) groups is 1. The summed E-state index contributed by atoms with van der Waals surface area (Å²) >= 11 is 0. The summed E-state index contributed by atoms with van der Waals surface area (Å²) in [6.07, 6.45) is 0.226. The van der Waals surface area contributed by atoms with Crippen molar-refractivity contribution < 1.29 is 19.0 Å². The van der Waals surface area contributed by atoms with Gasteiger partial charge >= 0.3 is 0 Å². The quantitative estimate of drug-likeness (QED) is 0.652. The fourth-order valence-corrected chi connectivity index (χ4v) is 3.37. The first-order valence-electron chi connectivity index (χ1n) is 9.98. The maximum atomic E-state index is 12.8. The van der Waals surface area contributed by atoms with Crippen molar-refractivity contribution in [2.24, 2.45) is 5.92 Å². The molecule has 5 heteroatoms. The highest BCUT2D eigenvalue weighted by molar-refractivity contribution is 5.79. The predicted molar refractivity (Wildman–Crippen MR) is 116 cm³/mol. The number of hydrogen-bond acceptors (Lipinski definition) is 4. The SMILES string of the molecule is COc1cc(CC(=O)N[C@@H](c2ccc(C(C)C)cc2)C(C)C)cc(OC)c1OC. The van der Waals surface area contributed by atoms with Crippen LogP contribution in [-0.2, 0) is 11.2 Å². The molecule has 2 aromatic rings. The zero-order valence-electron chi connectivity index (χ0n) is 18.5. The molecule has 0 aliphatic carbocycles. The van der Waals surface area contributed by atoms with Crippen molar-refractivity contribution in [3.63, 3.8) is 0 Å². The Labute approximate surface area is 174 Å². The van der Waals surface area contributed by atoms with Crippen LogP contribution in [0.25, 0.3) is 0 Å². The molecule has 0 fully saturated rings. The maximum absolute atomic E-state index is 12.8. The minimum Gasteiger partial charge on any atom is -0.493 e. The molecule has 0 heterocycles. The van der Waals surface area contributed by atoms with Crippen molar-refractivity contribution in [1.82, 2.24) is 5.32 Å². The van der Waals surface area contributed by atoms with Crippen molar-refractivity contribution in [2.45, 2.75) is 46.1 Å². The topological polar surface area (TPSA) is 56.8 Å². The molecule has 2 aromatic carbocycles. The Hall–Kier alpha value is -2.69. The number of rotatable bonds is 9. The van der Waals surface area contributed by atoms with Crippen molar-refractivity contribution in [3.8, 4) is 17.2 Å². The number of nitrogens with one attached hydrogen (secondary N) is 1. The predicted octanol–water partition coefficient (Wildman–Crippen LogP) is 4.89. The third kappa shape index (κ3) is 5.66. The third-order valence-electron chi connectivity index (χ3n) is 5.03. The zero-order valence-corrected chi connectivity index (χ0v) is 18.5. The number of ether oxygens (including phenoxy) is 3. The second kappa shape index (κ2) is 10.2. The van der Waals surface area contributed by atoms with E-state index in [0.29, 0.717) is 23.2 Å². The molecule has 5 nitrogen and oxygen atoms in total. The van der Waals surface area contributed by atoms with Gasteiger partial charge in [-0.3, -0.25) is 4.79 Å². The summed E-state index contributed by atoms with van der Waals surface area (Å²) in [6, 6.07) is 12.1. The molecule has 0 radical (unpaired) electrons. The first kappa shape index (κ1) is 22.6. The Bertz CT molecular complexity index is 787. The van der Waals surface area contributed by atoms with E-state index in [1.165, 1.54) is 5.56 Å². The van der Waals surface area contributed by atoms with E-state index in [1.54, 1.807) is 21.3 Å². The van der Waals surface area contributed by atoms with Crippen LogP contribution in [0.5, 0.6) is 17.2 Å². The third-order valence-corrected chi connectivity index (χ3v) is 5.03. The van der Waals surface area contributed by atoms with Gasteiger partial charge in [0.05, 0.1) is 33.8 Å². The van der Waals surface area contributed by atoms with Crippen LogP contribution in [0.1, 0.15) is 56.3 Å². The van der Waals surface area contributed by atoms with E-state index in [0.717, 1.165) is 11.1 Å². The monoisotopic (exact) mass is 399 g/mol. The molecule has 158 valence electrons. The van der Waals surface area contributed by atoms with E-state index in [1.807, 2.05) is 12.1 Å². The summed E-state index contributed by atoms with van der Waals surface area (Å²) < 4.78 is 16.1. The van der Waals surface area contributed by atoms with E-state index >= 15 is 0 Å². The zero-order chi connectivity index (χ0) is 21.6. The maximum Gasteiger partial charge on any atom is 0.224 e. The first-order valence-corrected chi connectivity index (χ1v) is 9.98. The van der Waals surface area contributed by atoms with Gasteiger partial charge in [-0.25, -0.2) is 0 Å². The summed E-state index contributed by atoms with van der Waals surface area (Å²) in [5.41, 5.74) is 3.21. The van der Waals surface area contributed by atoms with Crippen molar-refractivity contribution in [3.05, 3.63) is 53.1 Å². The van der Waals surface area contributed by atoms with Crippen LogP contribution in [0.3, 0.4) is 0 Å². The molecule has 0 saturated heterocycles. The Morgan fingerprint density at radius 3 is 1.79 bits per heavy atom. The van der Waals surface area contributed by atoms with Gasteiger partial charge in [0.25, 0.3) is 0 Å². The number of carbonyl (C=O) groups excluding carboxylic acids is 1. The Kier molecular flexibility index (Phi) is 7.94. The van der Waals surface area contributed by atoms with Gasteiger partial charge in [0.15, 0.2) is 11.5 Å². The van der Waals surface area contributed by atoms with Crippen LogP contribution >= 0.6 is 0 Å². The molecule has 0 unspecified atom stereocenters. The Balaban J connectivity index is 2.19. The molecular weight excluding hydrogens is 366 g/mol. The van der Waals surface area contributed by atoms with Crippen LogP contribution in [0, 0.1) is 5.92 Å². The molecule has 0 aromatic heterocycles. The standard InChI is InChI=1S/C24H33NO4/c1-15(2)18-8-10-19(11-9-18)23(16(3)4)25-22(26)14-17-12-20(27-5)24(29-7)21(13-17)28-6/h8-13,15-16,23H,14H2,1-7H3,(H,25,26)/t23-/m1/s1. The van der Waals surface area contributed by atoms with Crippen LogP contribution in [0.2, 0.25) is 0 Å². The highest BCUT2D eigenvalue weighted by Crippen LogP contribution is 2.38. The van der Waals surface area contributed by atoms with Gasteiger partial charge in [-0.15, -0.1) is 0 Å². The van der Waals surface area contributed by atoms with Crippen LogP contribution in [0.4, 0.5) is 0 Å². The largest absolute Gasteiger partial charge is 0.493 e. The molecule has 0 aliphatic rings. The second-order valence-electron chi connectivity index (χ2n) is 7.82. The van der Waals surface area contributed by atoms with E-state index in [-0.39, 0.29) is 24.3 Å². The van der Waals surface area contributed by atoms with Crippen molar-refractivity contribution in [1.29, 1.82) is 0 Å². The molecule has 0 aliphatic heterocycles. The number of hydrogen-bond donors (Lipinski definition) is 1. The van der Waals surface area contributed by atoms with Gasteiger partial charge in [-0.05, 0) is 40.7 Å². The molecule has 29 heavy (non-hydrogen) atoms. The van der Waals surface area contributed by atoms with Gasteiger partial charge in [0.2, 0.25) is 11.7 Å². The van der Waals surface area contributed by atoms with Gasteiger partial charge in [-0.1, -0.05) is 52.0 Å². The van der Waals surface area contributed by atoms with E-state index in [2.05, 4.69) is 57.3 Å². The van der Waals surface area contributed by atoms with Gasteiger partial charge < -0.3 is 19.5 Å². The lowest BCUT2D eigenvalue weighted by Gasteiger charge is -2.24. The van der Waals surface area contributed by atoms with Gasteiger partial charge in [0.1, 0.15) is 0 Å². The second-order valence-corrected chi connectivity index (χ2v) is 7.82. The fourth-order valence-electron chi connectivity index (χ4n) is 3.37. The molecule has 1 amide bonds. The van der Waals surface area contributed by atoms with Crippen molar-refractivity contribution >= 4 is 5.91 Å². The molecule has 0 saturated carbocycles. The van der Waals surface area contributed by atoms with Crippen LogP contribution in [0.15, 0.2) is 36.4 Å². The summed E-state index contributed by atoms with van der Waals surface area (Å²) in [6.45, 7) is 8.57. The Morgan fingerprint density at radius 2 is 1.38 bits per heavy atom. The number of benzene rings is 2. The van der Waals surface area contributed by atoms with E-state index < -0.39 is 0 Å².